The number of hydrogen-bond acceptors (Lipinski definition) is 5. The van der Waals surface area contributed by atoms with E-state index in [0.29, 0.717) is 36.5 Å². The Labute approximate surface area is 158 Å². The molecule has 27 heavy (non-hydrogen) atoms. The molecule has 0 bridgehead atoms. The Kier molecular flexibility index (Phi) is 4.72. The fraction of sp³-hybridized carbons (Fsp3) is 0.250. The summed E-state index contributed by atoms with van der Waals surface area (Å²) in [7, 11) is -3.73. The topological polar surface area (TPSA) is 77.5 Å². The van der Waals surface area contributed by atoms with Crippen LogP contribution < -0.4 is 14.2 Å². The monoisotopic (exact) mass is 384 g/mol. The fourth-order valence-electron chi connectivity index (χ4n) is 3.33. The summed E-state index contributed by atoms with van der Waals surface area (Å²) in [5.74, 6) is 1.38. The molecule has 6 nitrogen and oxygen atoms in total. The Bertz CT molecular complexity index is 1080. The largest absolute Gasteiger partial charge is 0.494 e. The first-order valence-electron chi connectivity index (χ1n) is 8.83. The van der Waals surface area contributed by atoms with Crippen molar-refractivity contribution < 1.29 is 17.9 Å². The highest BCUT2D eigenvalue weighted by Crippen LogP contribution is 2.36. The molecule has 0 aliphatic carbocycles. The van der Waals surface area contributed by atoms with Crippen LogP contribution in [0.4, 0.5) is 0 Å². The van der Waals surface area contributed by atoms with Crippen molar-refractivity contribution in [3.63, 3.8) is 0 Å². The van der Waals surface area contributed by atoms with Crippen LogP contribution in [-0.2, 0) is 10.0 Å². The Morgan fingerprint density at radius 3 is 3.00 bits per heavy atom. The van der Waals surface area contributed by atoms with E-state index in [0.717, 1.165) is 10.9 Å². The van der Waals surface area contributed by atoms with Crippen molar-refractivity contribution in [2.45, 2.75) is 24.3 Å². The molecule has 1 atom stereocenters. The molecule has 1 aromatic heterocycles. The van der Waals surface area contributed by atoms with Crippen LogP contribution in [0.3, 0.4) is 0 Å². The van der Waals surface area contributed by atoms with Crippen molar-refractivity contribution in [2.24, 2.45) is 0 Å². The summed E-state index contributed by atoms with van der Waals surface area (Å²) in [6.07, 6.45) is 3.81. The number of benzene rings is 2. The van der Waals surface area contributed by atoms with Gasteiger partial charge >= 0.3 is 0 Å². The Hall–Kier alpha value is -2.64. The predicted molar refractivity (Wildman–Crippen MR) is 103 cm³/mol. The molecule has 4 rings (SSSR count). The molecule has 0 amide bonds. The number of nitrogens with zero attached hydrogens (tertiary/aromatic N) is 1. The Balaban J connectivity index is 1.71. The number of sulfonamides is 1. The Morgan fingerprint density at radius 2 is 2.15 bits per heavy atom. The van der Waals surface area contributed by atoms with Crippen molar-refractivity contribution in [1.82, 2.24) is 9.71 Å². The van der Waals surface area contributed by atoms with E-state index in [1.807, 2.05) is 31.2 Å². The number of rotatable bonds is 5. The molecule has 1 aliphatic heterocycles. The second-order valence-electron chi connectivity index (χ2n) is 6.30. The molecule has 1 N–H and O–H groups in total. The SMILES string of the molecule is CCOc1ccc2c(c1)C(NS(=O)(=O)c1cccc3cnccc13)CCO2. The fourth-order valence-corrected chi connectivity index (χ4v) is 4.81. The van der Waals surface area contributed by atoms with E-state index in [2.05, 4.69) is 9.71 Å². The van der Waals surface area contributed by atoms with Gasteiger partial charge < -0.3 is 9.47 Å². The van der Waals surface area contributed by atoms with Crippen molar-refractivity contribution in [3.8, 4) is 11.5 Å². The highest BCUT2D eigenvalue weighted by Gasteiger charge is 2.28. The zero-order chi connectivity index (χ0) is 18.9. The van der Waals surface area contributed by atoms with Gasteiger partial charge in [-0.05, 0) is 37.3 Å². The van der Waals surface area contributed by atoms with Gasteiger partial charge in [-0.15, -0.1) is 0 Å². The number of nitrogens with one attached hydrogen (secondary N) is 1. The van der Waals surface area contributed by atoms with E-state index in [1.165, 1.54) is 0 Å². The van der Waals surface area contributed by atoms with Gasteiger partial charge in [0.25, 0.3) is 0 Å². The molecule has 0 saturated carbocycles. The van der Waals surface area contributed by atoms with Gasteiger partial charge in [0.15, 0.2) is 0 Å². The molecule has 0 radical (unpaired) electrons. The predicted octanol–water partition coefficient (Wildman–Crippen LogP) is 3.44. The summed E-state index contributed by atoms with van der Waals surface area (Å²) in [5.41, 5.74) is 0.790. The third kappa shape index (κ3) is 3.48. The normalized spacial score (nSPS) is 16.6. The van der Waals surface area contributed by atoms with Crippen molar-refractivity contribution >= 4 is 20.8 Å². The molecule has 7 heteroatoms. The molecule has 2 aromatic carbocycles. The summed E-state index contributed by atoms with van der Waals surface area (Å²) in [6.45, 7) is 2.90. The Morgan fingerprint density at radius 1 is 1.26 bits per heavy atom. The molecule has 0 fully saturated rings. The standard InChI is InChI=1S/C20H20N2O4S/c1-2-25-15-6-7-19-17(12-15)18(9-11-26-19)22-27(23,24)20-5-3-4-14-13-21-10-8-16(14)20/h3-8,10,12-13,18,22H,2,9,11H2,1H3. The molecule has 140 valence electrons. The van der Waals surface area contributed by atoms with Gasteiger partial charge in [-0.3, -0.25) is 4.98 Å². The number of ether oxygens (including phenoxy) is 2. The van der Waals surface area contributed by atoms with Gasteiger partial charge in [-0.1, -0.05) is 12.1 Å². The summed E-state index contributed by atoms with van der Waals surface area (Å²) in [4.78, 5) is 4.31. The second-order valence-corrected chi connectivity index (χ2v) is 7.98. The summed E-state index contributed by atoms with van der Waals surface area (Å²) < 4.78 is 40.3. The van der Waals surface area contributed by atoms with Crippen LogP contribution in [0.25, 0.3) is 10.8 Å². The van der Waals surface area contributed by atoms with Crippen molar-refractivity contribution in [1.29, 1.82) is 0 Å². The highest BCUT2D eigenvalue weighted by atomic mass is 32.2. The molecule has 3 aromatic rings. The van der Waals surface area contributed by atoms with Crippen LogP contribution in [-0.4, -0.2) is 26.6 Å². The van der Waals surface area contributed by atoms with Crippen LogP contribution >= 0.6 is 0 Å². The third-order valence-corrected chi connectivity index (χ3v) is 6.09. The van der Waals surface area contributed by atoms with E-state index in [1.54, 1.807) is 30.6 Å². The summed E-state index contributed by atoms with van der Waals surface area (Å²) >= 11 is 0. The number of hydrogen-bond donors (Lipinski definition) is 1. The number of fused-ring (bicyclic) bond motifs is 2. The number of aromatic nitrogens is 1. The van der Waals surface area contributed by atoms with Crippen LogP contribution in [0, 0.1) is 0 Å². The first-order chi connectivity index (χ1) is 13.1. The highest BCUT2D eigenvalue weighted by molar-refractivity contribution is 7.89. The lowest BCUT2D eigenvalue weighted by atomic mass is 10.0. The van der Waals surface area contributed by atoms with Gasteiger partial charge in [0, 0.05) is 35.2 Å². The third-order valence-electron chi connectivity index (χ3n) is 4.56. The molecule has 1 unspecified atom stereocenters. The molecule has 2 heterocycles. The van der Waals surface area contributed by atoms with Crippen LogP contribution in [0.1, 0.15) is 24.9 Å². The van der Waals surface area contributed by atoms with Gasteiger partial charge in [0.1, 0.15) is 11.5 Å². The van der Waals surface area contributed by atoms with Gasteiger partial charge in [-0.25, -0.2) is 13.1 Å². The van der Waals surface area contributed by atoms with E-state index in [-0.39, 0.29) is 10.9 Å². The lowest BCUT2D eigenvalue weighted by molar-refractivity contribution is 0.261. The van der Waals surface area contributed by atoms with Crippen LogP contribution in [0.5, 0.6) is 11.5 Å². The second kappa shape index (κ2) is 7.17. The van der Waals surface area contributed by atoms with E-state index >= 15 is 0 Å². The average molecular weight is 384 g/mol. The van der Waals surface area contributed by atoms with Gasteiger partial charge in [0.2, 0.25) is 10.0 Å². The first-order valence-corrected chi connectivity index (χ1v) is 10.3. The minimum Gasteiger partial charge on any atom is -0.494 e. The molecule has 0 spiro atoms. The lowest BCUT2D eigenvalue weighted by Gasteiger charge is -2.27. The van der Waals surface area contributed by atoms with Crippen molar-refractivity contribution in [2.75, 3.05) is 13.2 Å². The minimum absolute atomic E-state index is 0.247. The van der Waals surface area contributed by atoms with Crippen LogP contribution in [0.2, 0.25) is 0 Å². The zero-order valence-corrected chi connectivity index (χ0v) is 15.7. The molecule has 0 saturated heterocycles. The molecular weight excluding hydrogens is 364 g/mol. The van der Waals surface area contributed by atoms with E-state index in [9.17, 15) is 8.42 Å². The quantitative estimate of drug-likeness (QED) is 0.729. The van der Waals surface area contributed by atoms with Crippen molar-refractivity contribution in [3.05, 3.63) is 60.4 Å². The van der Waals surface area contributed by atoms with E-state index < -0.39 is 10.0 Å². The zero-order valence-electron chi connectivity index (χ0n) is 14.9. The average Bonchev–Trinajstić information content (AvgIpc) is 2.68. The maximum atomic E-state index is 13.1. The maximum Gasteiger partial charge on any atom is 0.241 e. The van der Waals surface area contributed by atoms with E-state index in [4.69, 9.17) is 9.47 Å². The van der Waals surface area contributed by atoms with Crippen LogP contribution in [0.15, 0.2) is 59.8 Å². The summed E-state index contributed by atoms with van der Waals surface area (Å²) in [6, 6.07) is 12.0. The number of pyridine rings is 1. The van der Waals surface area contributed by atoms with Gasteiger partial charge in [0.05, 0.1) is 24.2 Å². The summed E-state index contributed by atoms with van der Waals surface area (Å²) in [5, 5.41) is 1.43. The molecule has 1 aliphatic rings. The maximum absolute atomic E-state index is 13.1. The minimum atomic E-state index is -3.73. The first kappa shape index (κ1) is 17.8. The smallest absolute Gasteiger partial charge is 0.241 e. The van der Waals surface area contributed by atoms with Gasteiger partial charge in [-0.2, -0.15) is 0 Å². The lowest BCUT2D eigenvalue weighted by Crippen LogP contribution is -2.32. The molecular formula is C20H20N2O4S.